The predicted octanol–water partition coefficient (Wildman–Crippen LogP) is 2.64. The van der Waals surface area contributed by atoms with E-state index in [1.807, 2.05) is 4.72 Å². The minimum Gasteiger partial charge on any atom is -0.277 e. The van der Waals surface area contributed by atoms with Crippen molar-refractivity contribution in [2.45, 2.75) is 4.90 Å². The molecule has 0 aliphatic carbocycles. The molecule has 0 fully saturated rings. The maximum absolute atomic E-state index is 13.6. The van der Waals surface area contributed by atoms with Gasteiger partial charge in [0.1, 0.15) is 11.6 Å². The summed E-state index contributed by atoms with van der Waals surface area (Å²) < 4.78 is 52.5. The van der Waals surface area contributed by atoms with Crippen LogP contribution in [0.25, 0.3) is 0 Å². The van der Waals surface area contributed by atoms with Gasteiger partial charge in [-0.3, -0.25) is 4.72 Å². The third-order valence-electron chi connectivity index (χ3n) is 2.45. The zero-order chi connectivity index (χ0) is 14.8. The van der Waals surface area contributed by atoms with Crippen LogP contribution in [0.3, 0.4) is 0 Å². The number of rotatable bonds is 3. The van der Waals surface area contributed by atoms with Crippen molar-refractivity contribution in [2.24, 2.45) is 0 Å². The smallest absolute Gasteiger partial charge is 0.262 e. The van der Waals surface area contributed by atoms with Crippen LogP contribution in [-0.2, 0) is 10.0 Å². The molecule has 2 aromatic rings. The van der Waals surface area contributed by atoms with E-state index < -0.39 is 21.7 Å². The van der Waals surface area contributed by atoms with E-state index in [1.54, 1.807) is 6.07 Å². The SMILES string of the molecule is N#Cc1ccc(NS(=O)(=O)c2cccc(F)c2)c(F)c1. The second-order valence-corrected chi connectivity index (χ2v) is 5.55. The Morgan fingerprint density at radius 3 is 2.45 bits per heavy atom. The Labute approximate surface area is 114 Å². The summed E-state index contributed by atoms with van der Waals surface area (Å²) in [4.78, 5) is -0.318. The molecule has 4 nitrogen and oxygen atoms in total. The molecule has 102 valence electrons. The van der Waals surface area contributed by atoms with E-state index in [0.717, 1.165) is 24.3 Å². The van der Waals surface area contributed by atoms with Gasteiger partial charge in [0.25, 0.3) is 10.0 Å². The number of anilines is 1. The third kappa shape index (κ3) is 2.92. The molecule has 0 heterocycles. The third-order valence-corrected chi connectivity index (χ3v) is 3.81. The molecule has 0 saturated carbocycles. The number of hydrogen-bond donors (Lipinski definition) is 1. The van der Waals surface area contributed by atoms with Gasteiger partial charge in [0.05, 0.1) is 22.2 Å². The molecular formula is C13H8F2N2O2S. The Hall–Kier alpha value is -2.46. The lowest BCUT2D eigenvalue weighted by Crippen LogP contribution is -2.14. The fourth-order valence-electron chi connectivity index (χ4n) is 1.51. The highest BCUT2D eigenvalue weighted by Gasteiger charge is 2.17. The van der Waals surface area contributed by atoms with Gasteiger partial charge in [0, 0.05) is 0 Å². The molecule has 0 radical (unpaired) electrons. The molecule has 2 aromatic carbocycles. The van der Waals surface area contributed by atoms with Gasteiger partial charge in [-0.2, -0.15) is 5.26 Å². The van der Waals surface area contributed by atoms with Crippen LogP contribution in [-0.4, -0.2) is 8.42 Å². The van der Waals surface area contributed by atoms with Crippen LogP contribution >= 0.6 is 0 Å². The Bertz CT molecular complexity index is 798. The average molecular weight is 294 g/mol. The average Bonchev–Trinajstić information content (AvgIpc) is 2.41. The summed E-state index contributed by atoms with van der Waals surface area (Å²) in [5, 5.41) is 8.60. The number of benzene rings is 2. The number of sulfonamides is 1. The Morgan fingerprint density at radius 1 is 1.10 bits per heavy atom. The summed E-state index contributed by atoms with van der Waals surface area (Å²) in [5.74, 6) is -1.60. The monoisotopic (exact) mass is 294 g/mol. The van der Waals surface area contributed by atoms with Crippen molar-refractivity contribution in [1.29, 1.82) is 5.26 Å². The first-order valence-electron chi connectivity index (χ1n) is 5.40. The number of nitrogens with one attached hydrogen (secondary N) is 1. The maximum atomic E-state index is 13.6. The molecule has 0 saturated heterocycles. The molecule has 0 bridgehead atoms. The fourth-order valence-corrected chi connectivity index (χ4v) is 2.60. The standard InChI is InChI=1S/C13H8F2N2O2S/c14-10-2-1-3-11(7-10)20(18,19)17-13-5-4-9(8-16)6-12(13)15/h1-7,17H. The second kappa shape index (κ2) is 5.27. The Balaban J connectivity index is 2.36. The van der Waals surface area contributed by atoms with E-state index in [1.165, 1.54) is 18.2 Å². The van der Waals surface area contributed by atoms with Crippen LogP contribution in [0.2, 0.25) is 0 Å². The first-order valence-corrected chi connectivity index (χ1v) is 6.89. The molecule has 0 atom stereocenters. The lowest BCUT2D eigenvalue weighted by atomic mass is 10.2. The molecule has 7 heteroatoms. The van der Waals surface area contributed by atoms with E-state index in [-0.39, 0.29) is 16.1 Å². The highest BCUT2D eigenvalue weighted by atomic mass is 32.2. The van der Waals surface area contributed by atoms with Crippen LogP contribution in [0.4, 0.5) is 14.5 Å². The van der Waals surface area contributed by atoms with Gasteiger partial charge in [-0.15, -0.1) is 0 Å². The van der Waals surface area contributed by atoms with E-state index in [4.69, 9.17) is 5.26 Å². The van der Waals surface area contributed by atoms with Crippen molar-refractivity contribution in [3.8, 4) is 6.07 Å². The normalized spacial score (nSPS) is 10.8. The van der Waals surface area contributed by atoms with Crippen molar-refractivity contribution < 1.29 is 17.2 Å². The van der Waals surface area contributed by atoms with Crippen molar-refractivity contribution >= 4 is 15.7 Å². The quantitative estimate of drug-likeness (QED) is 0.946. The van der Waals surface area contributed by atoms with E-state index in [0.29, 0.717) is 0 Å². The summed E-state index contributed by atoms with van der Waals surface area (Å²) in [6.07, 6.45) is 0. The van der Waals surface area contributed by atoms with Gasteiger partial charge in [-0.05, 0) is 36.4 Å². The van der Waals surface area contributed by atoms with Crippen molar-refractivity contribution in [3.05, 3.63) is 59.7 Å². The van der Waals surface area contributed by atoms with Crippen LogP contribution in [0.1, 0.15) is 5.56 Å². The second-order valence-electron chi connectivity index (χ2n) is 3.87. The summed E-state index contributed by atoms with van der Waals surface area (Å²) >= 11 is 0. The highest BCUT2D eigenvalue weighted by Crippen LogP contribution is 2.20. The molecule has 0 aliphatic rings. The van der Waals surface area contributed by atoms with Crippen LogP contribution in [0.5, 0.6) is 0 Å². The van der Waals surface area contributed by atoms with Gasteiger partial charge in [0.15, 0.2) is 0 Å². The summed E-state index contributed by atoms with van der Waals surface area (Å²) in [6.45, 7) is 0. The first-order chi connectivity index (χ1) is 9.42. The first kappa shape index (κ1) is 14.0. The van der Waals surface area contributed by atoms with Gasteiger partial charge < -0.3 is 0 Å². The van der Waals surface area contributed by atoms with E-state index in [9.17, 15) is 17.2 Å². The van der Waals surface area contributed by atoms with Gasteiger partial charge in [0.2, 0.25) is 0 Å². The number of nitriles is 1. The van der Waals surface area contributed by atoms with Gasteiger partial charge in [-0.25, -0.2) is 17.2 Å². The Kier molecular flexibility index (Phi) is 3.68. The molecular weight excluding hydrogens is 286 g/mol. The van der Waals surface area contributed by atoms with Crippen LogP contribution in [0.15, 0.2) is 47.4 Å². The molecule has 0 aliphatic heterocycles. The topological polar surface area (TPSA) is 70.0 Å². The lowest BCUT2D eigenvalue weighted by Gasteiger charge is -2.09. The minimum atomic E-state index is -4.09. The zero-order valence-corrected chi connectivity index (χ0v) is 10.8. The predicted molar refractivity (Wildman–Crippen MR) is 68.3 cm³/mol. The minimum absolute atomic E-state index is 0.0659. The number of halogens is 2. The largest absolute Gasteiger partial charge is 0.277 e. The maximum Gasteiger partial charge on any atom is 0.262 e. The zero-order valence-electron chi connectivity index (χ0n) is 9.97. The molecule has 0 amide bonds. The summed E-state index contributed by atoms with van der Waals surface area (Å²) in [6, 6.07) is 9.38. The van der Waals surface area contributed by atoms with Crippen molar-refractivity contribution in [2.75, 3.05) is 4.72 Å². The summed E-state index contributed by atoms with van der Waals surface area (Å²) in [7, 11) is -4.09. The van der Waals surface area contributed by atoms with Crippen molar-refractivity contribution in [1.82, 2.24) is 0 Å². The van der Waals surface area contributed by atoms with Crippen LogP contribution < -0.4 is 4.72 Å². The fraction of sp³-hybridized carbons (Fsp3) is 0. The molecule has 20 heavy (non-hydrogen) atoms. The van der Waals surface area contributed by atoms with E-state index in [2.05, 4.69) is 0 Å². The molecule has 2 rings (SSSR count). The number of nitrogens with zero attached hydrogens (tertiary/aromatic N) is 1. The molecule has 1 N–H and O–H groups in total. The summed E-state index contributed by atoms with van der Waals surface area (Å²) in [5.41, 5.74) is -0.246. The van der Waals surface area contributed by atoms with Crippen LogP contribution in [0, 0.1) is 23.0 Å². The van der Waals surface area contributed by atoms with E-state index >= 15 is 0 Å². The molecule has 0 unspecified atom stereocenters. The van der Waals surface area contributed by atoms with Gasteiger partial charge >= 0.3 is 0 Å². The van der Waals surface area contributed by atoms with Crippen molar-refractivity contribution in [3.63, 3.8) is 0 Å². The molecule has 0 aromatic heterocycles. The highest BCUT2D eigenvalue weighted by molar-refractivity contribution is 7.92. The Morgan fingerprint density at radius 2 is 1.85 bits per heavy atom. The lowest BCUT2D eigenvalue weighted by molar-refractivity contribution is 0.593. The van der Waals surface area contributed by atoms with Gasteiger partial charge in [-0.1, -0.05) is 6.07 Å². The molecule has 0 spiro atoms. The number of hydrogen-bond acceptors (Lipinski definition) is 3.